The fraction of sp³-hybridized carbons (Fsp3) is 0.542. The van der Waals surface area contributed by atoms with Crippen LogP contribution in [0.4, 0.5) is 5.82 Å². The molecule has 3 aliphatic rings. The zero-order valence-corrected chi connectivity index (χ0v) is 19.5. The Balaban J connectivity index is 1.33. The van der Waals surface area contributed by atoms with E-state index in [0.29, 0.717) is 43.6 Å². The van der Waals surface area contributed by atoms with Gasteiger partial charge in [-0.2, -0.15) is 0 Å². The number of aromatic nitrogens is 2. The van der Waals surface area contributed by atoms with Crippen molar-refractivity contribution in [3.05, 3.63) is 41.6 Å². The fourth-order valence-corrected chi connectivity index (χ4v) is 6.71. The minimum absolute atomic E-state index is 0.0524. The van der Waals surface area contributed by atoms with Crippen LogP contribution in [0.3, 0.4) is 0 Å². The summed E-state index contributed by atoms with van der Waals surface area (Å²) < 4.78 is 26.7. The highest BCUT2D eigenvalue weighted by atomic mass is 32.2. The monoisotopic (exact) mass is 454 g/mol. The topological polar surface area (TPSA) is 83.5 Å². The minimum Gasteiger partial charge on any atom is -0.296 e. The van der Waals surface area contributed by atoms with Crippen LogP contribution in [0.1, 0.15) is 56.6 Å². The molecule has 5 rings (SSSR count). The van der Waals surface area contributed by atoms with Gasteiger partial charge in [-0.3, -0.25) is 9.69 Å². The van der Waals surface area contributed by atoms with Crippen LogP contribution in [0.5, 0.6) is 0 Å². The Morgan fingerprint density at radius 1 is 1.09 bits per heavy atom. The van der Waals surface area contributed by atoms with Crippen molar-refractivity contribution in [3.8, 4) is 11.4 Å². The first-order valence-corrected chi connectivity index (χ1v) is 13.1. The molecule has 32 heavy (non-hydrogen) atoms. The first-order valence-electron chi connectivity index (χ1n) is 11.6. The molecular weight excluding hydrogens is 424 g/mol. The quantitative estimate of drug-likeness (QED) is 0.668. The molecule has 1 saturated carbocycles. The lowest BCUT2D eigenvalue weighted by Gasteiger charge is -2.33. The molecule has 2 aliphatic heterocycles. The molecule has 0 spiro atoms. The van der Waals surface area contributed by atoms with E-state index in [1.165, 1.54) is 5.56 Å². The third-order valence-corrected chi connectivity index (χ3v) is 9.28. The number of piperidine rings is 1. The minimum atomic E-state index is -3.11. The SMILES string of the molecule is CC(C)c1ccccc1-c1ncc2c(n1)N(CC1CCN(S(=O)(=O)C3CC3)CC1)C(=O)C2. The highest BCUT2D eigenvalue weighted by molar-refractivity contribution is 7.90. The molecule has 0 N–H and O–H groups in total. The number of hydrogen-bond acceptors (Lipinski definition) is 5. The number of nitrogens with zero attached hydrogens (tertiary/aromatic N) is 4. The van der Waals surface area contributed by atoms with Crippen molar-refractivity contribution in [1.82, 2.24) is 14.3 Å². The molecule has 1 aromatic heterocycles. The molecule has 0 atom stereocenters. The van der Waals surface area contributed by atoms with E-state index in [4.69, 9.17) is 4.98 Å². The van der Waals surface area contributed by atoms with E-state index in [1.54, 1.807) is 15.4 Å². The van der Waals surface area contributed by atoms with Gasteiger partial charge in [-0.05, 0) is 43.1 Å². The molecule has 0 bridgehead atoms. The van der Waals surface area contributed by atoms with Crippen LogP contribution in [0.2, 0.25) is 0 Å². The van der Waals surface area contributed by atoms with Gasteiger partial charge < -0.3 is 0 Å². The Kier molecular flexibility index (Phi) is 5.53. The number of benzene rings is 1. The van der Waals surface area contributed by atoms with Crippen molar-refractivity contribution >= 4 is 21.7 Å². The number of fused-ring (bicyclic) bond motifs is 1. The van der Waals surface area contributed by atoms with Crippen LogP contribution >= 0.6 is 0 Å². The van der Waals surface area contributed by atoms with Gasteiger partial charge in [0.25, 0.3) is 0 Å². The predicted octanol–water partition coefficient (Wildman–Crippen LogP) is 3.36. The third-order valence-electron chi connectivity index (χ3n) is 6.88. The van der Waals surface area contributed by atoms with Crippen LogP contribution in [-0.4, -0.2) is 53.5 Å². The van der Waals surface area contributed by atoms with Crippen molar-refractivity contribution in [2.24, 2.45) is 5.92 Å². The maximum atomic E-state index is 12.8. The van der Waals surface area contributed by atoms with Gasteiger partial charge in [0.1, 0.15) is 5.82 Å². The van der Waals surface area contributed by atoms with E-state index in [1.807, 2.05) is 18.2 Å². The van der Waals surface area contributed by atoms with Gasteiger partial charge in [-0.25, -0.2) is 22.7 Å². The molecule has 2 aromatic rings. The van der Waals surface area contributed by atoms with E-state index >= 15 is 0 Å². The summed E-state index contributed by atoms with van der Waals surface area (Å²) >= 11 is 0. The van der Waals surface area contributed by atoms with E-state index in [0.717, 1.165) is 36.8 Å². The van der Waals surface area contributed by atoms with Crippen LogP contribution in [0.15, 0.2) is 30.5 Å². The lowest BCUT2D eigenvalue weighted by molar-refractivity contribution is -0.117. The van der Waals surface area contributed by atoms with Crippen LogP contribution in [0.25, 0.3) is 11.4 Å². The molecule has 1 aromatic carbocycles. The Bertz CT molecular complexity index is 1140. The van der Waals surface area contributed by atoms with E-state index < -0.39 is 10.0 Å². The highest BCUT2D eigenvalue weighted by Crippen LogP contribution is 2.35. The number of rotatable bonds is 6. The largest absolute Gasteiger partial charge is 0.296 e. The molecule has 1 amide bonds. The first-order chi connectivity index (χ1) is 15.3. The zero-order chi connectivity index (χ0) is 22.5. The average molecular weight is 455 g/mol. The van der Waals surface area contributed by atoms with Crippen LogP contribution in [-0.2, 0) is 21.2 Å². The normalized spacial score (nSPS) is 20.2. The summed E-state index contributed by atoms with van der Waals surface area (Å²) in [7, 11) is -3.11. The Hall–Kier alpha value is -2.32. The van der Waals surface area contributed by atoms with E-state index in [2.05, 4.69) is 24.9 Å². The van der Waals surface area contributed by atoms with E-state index in [9.17, 15) is 13.2 Å². The summed E-state index contributed by atoms with van der Waals surface area (Å²) in [5.74, 6) is 2.04. The molecule has 1 saturated heterocycles. The fourth-order valence-electron chi connectivity index (χ4n) is 4.84. The summed E-state index contributed by atoms with van der Waals surface area (Å²) in [6.45, 7) is 5.99. The van der Waals surface area contributed by atoms with Crippen molar-refractivity contribution in [2.75, 3.05) is 24.5 Å². The number of sulfonamides is 1. The molecule has 0 radical (unpaired) electrons. The van der Waals surface area contributed by atoms with E-state index in [-0.39, 0.29) is 17.1 Å². The average Bonchev–Trinajstić information content (AvgIpc) is 3.60. The van der Waals surface area contributed by atoms with Gasteiger partial charge >= 0.3 is 0 Å². The van der Waals surface area contributed by atoms with Gasteiger partial charge in [0.15, 0.2) is 5.82 Å². The number of amides is 1. The van der Waals surface area contributed by atoms with Crippen molar-refractivity contribution in [2.45, 2.75) is 57.1 Å². The second-order valence-electron chi connectivity index (χ2n) is 9.55. The van der Waals surface area contributed by atoms with Crippen molar-refractivity contribution in [3.63, 3.8) is 0 Å². The van der Waals surface area contributed by atoms with Gasteiger partial charge in [0.05, 0.1) is 11.7 Å². The smallest absolute Gasteiger partial charge is 0.232 e. The van der Waals surface area contributed by atoms with Crippen molar-refractivity contribution < 1.29 is 13.2 Å². The Labute approximate surface area is 189 Å². The number of hydrogen-bond donors (Lipinski definition) is 0. The molecule has 1 aliphatic carbocycles. The molecule has 7 nitrogen and oxygen atoms in total. The molecular formula is C24H30N4O3S. The maximum absolute atomic E-state index is 12.8. The maximum Gasteiger partial charge on any atom is 0.232 e. The summed E-state index contributed by atoms with van der Waals surface area (Å²) in [6, 6.07) is 8.15. The molecule has 3 heterocycles. The summed E-state index contributed by atoms with van der Waals surface area (Å²) in [6.07, 6.45) is 5.26. The number of anilines is 1. The second-order valence-corrected chi connectivity index (χ2v) is 11.8. The van der Waals surface area contributed by atoms with Gasteiger partial charge in [-0.15, -0.1) is 0 Å². The predicted molar refractivity (Wildman–Crippen MR) is 124 cm³/mol. The summed E-state index contributed by atoms with van der Waals surface area (Å²) in [5.41, 5.74) is 3.06. The molecule has 170 valence electrons. The molecule has 2 fully saturated rings. The lowest BCUT2D eigenvalue weighted by atomic mass is 9.97. The molecule has 0 unspecified atom stereocenters. The molecule has 8 heteroatoms. The summed E-state index contributed by atoms with van der Waals surface area (Å²) in [4.78, 5) is 24.0. The Morgan fingerprint density at radius 3 is 2.50 bits per heavy atom. The van der Waals surface area contributed by atoms with Crippen LogP contribution in [0, 0.1) is 5.92 Å². The summed E-state index contributed by atoms with van der Waals surface area (Å²) in [5, 5.41) is -0.157. The zero-order valence-electron chi connectivity index (χ0n) is 18.7. The van der Waals surface area contributed by atoms with Crippen molar-refractivity contribution in [1.29, 1.82) is 0 Å². The second kappa shape index (κ2) is 8.23. The first kappa shape index (κ1) is 21.5. The third kappa shape index (κ3) is 3.94. The standard InChI is InChI=1S/C24H30N4O3S/c1-16(2)20-5-3-4-6-21(20)23-25-14-18-13-22(29)28(24(18)26-23)15-17-9-11-27(12-10-17)32(30,31)19-7-8-19/h3-6,14,16-17,19H,7-13,15H2,1-2H3. The van der Waals surface area contributed by atoms with Gasteiger partial charge in [0.2, 0.25) is 15.9 Å². The highest BCUT2D eigenvalue weighted by Gasteiger charge is 2.41. The van der Waals surface area contributed by atoms with Gasteiger partial charge in [-0.1, -0.05) is 38.1 Å². The number of carbonyl (C=O) groups is 1. The lowest BCUT2D eigenvalue weighted by Crippen LogP contribution is -2.43. The Morgan fingerprint density at radius 2 is 1.81 bits per heavy atom. The van der Waals surface area contributed by atoms with Crippen LogP contribution < -0.4 is 4.90 Å². The number of carbonyl (C=O) groups excluding carboxylic acids is 1. The van der Waals surface area contributed by atoms with Gasteiger partial charge in [0, 0.05) is 37.0 Å².